The molecule has 5 nitrogen and oxygen atoms in total. The maximum absolute atomic E-state index is 13.4. The number of benzene rings is 2. The largest absolute Gasteiger partial charge is 0.376 e. The molecule has 0 N–H and O–H groups in total. The molecular formula is C23H26FN3O2. The molecule has 152 valence electrons. The molecule has 0 bridgehead atoms. The Hall–Kier alpha value is -2.57. The minimum Gasteiger partial charge on any atom is -0.376 e. The Morgan fingerprint density at radius 1 is 1.10 bits per heavy atom. The molecule has 1 atom stereocenters. The first-order chi connectivity index (χ1) is 14.3. The quantitative estimate of drug-likeness (QED) is 0.531. The second-order valence-electron chi connectivity index (χ2n) is 7.54. The van der Waals surface area contributed by atoms with E-state index in [9.17, 15) is 4.39 Å². The molecule has 1 fully saturated rings. The van der Waals surface area contributed by atoms with E-state index in [4.69, 9.17) is 9.26 Å². The summed E-state index contributed by atoms with van der Waals surface area (Å²) in [5.41, 5.74) is 2.15. The zero-order chi connectivity index (χ0) is 19.9. The summed E-state index contributed by atoms with van der Waals surface area (Å²) in [7, 11) is 0. The van der Waals surface area contributed by atoms with Crippen molar-refractivity contribution in [3.63, 3.8) is 0 Å². The SMILES string of the molecule is Fc1cccc(CN2CCCC(c3nc(CCOCc4ccccc4)no3)C2)c1. The van der Waals surface area contributed by atoms with Crippen molar-refractivity contribution in [3.8, 4) is 0 Å². The second kappa shape index (κ2) is 9.76. The summed E-state index contributed by atoms with van der Waals surface area (Å²) in [6.45, 7) is 3.74. The number of nitrogens with zero attached hydrogens (tertiary/aromatic N) is 3. The van der Waals surface area contributed by atoms with Crippen molar-refractivity contribution in [1.29, 1.82) is 0 Å². The van der Waals surface area contributed by atoms with Gasteiger partial charge in [-0.2, -0.15) is 4.98 Å². The maximum atomic E-state index is 13.4. The van der Waals surface area contributed by atoms with E-state index in [1.165, 1.54) is 6.07 Å². The van der Waals surface area contributed by atoms with Gasteiger partial charge >= 0.3 is 0 Å². The molecule has 29 heavy (non-hydrogen) atoms. The molecule has 1 aromatic heterocycles. The lowest BCUT2D eigenvalue weighted by molar-refractivity contribution is 0.122. The van der Waals surface area contributed by atoms with Gasteiger partial charge in [-0.3, -0.25) is 4.90 Å². The molecule has 0 aliphatic carbocycles. The fourth-order valence-electron chi connectivity index (χ4n) is 3.76. The molecule has 1 aliphatic heterocycles. The van der Waals surface area contributed by atoms with E-state index < -0.39 is 0 Å². The number of hydrogen-bond donors (Lipinski definition) is 0. The van der Waals surface area contributed by atoms with Crippen LogP contribution in [0.15, 0.2) is 59.1 Å². The summed E-state index contributed by atoms with van der Waals surface area (Å²) < 4.78 is 24.7. The number of rotatable bonds is 8. The monoisotopic (exact) mass is 395 g/mol. The number of likely N-dealkylation sites (tertiary alicyclic amines) is 1. The van der Waals surface area contributed by atoms with Gasteiger partial charge in [0.1, 0.15) is 5.82 Å². The first-order valence-electron chi connectivity index (χ1n) is 10.2. The molecule has 0 radical (unpaired) electrons. The molecular weight excluding hydrogens is 369 g/mol. The maximum Gasteiger partial charge on any atom is 0.231 e. The standard InChI is InChI=1S/C23H26FN3O2/c24-21-10-4-8-19(14-21)15-27-12-5-9-20(16-27)23-25-22(26-29-23)11-13-28-17-18-6-2-1-3-7-18/h1-4,6-8,10,14,20H,5,9,11-13,15-17H2. The molecule has 3 aromatic rings. The first kappa shape index (κ1) is 19.7. The molecule has 1 aliphatic rings. The van der Waals surface area contributed by atoms with Crippen molar-refractivity contribution in [2.75, 3.05) is 19.7 Å². The summed E-state index contributed by atoms with van der Waals surface area (Å²) >= 11 is 0. The third-order valence-electron chi connectivity index (χ3n) is 5.22. The van der Waals surface area contributed by atoms with Crippen molar-refractivity contribution in [1.82, 2.24) is 15.0 Å². The molecule has 1 unspecified atom stereocenters. The van der Waals surface area contributed by atoms with Gasteiger partial charge in [0.25, 0.3) is 0 Å². The van der Waals surface area contributed by atoms with Gasteiger partial charge in [0.15, 0.2) is 5.82 Å². The van der Waals surface area contributed by atoms with Gasteiger partial charge in [-0.05, 0) is 42.6 Å². The average molecular weight is 395 g/mol. The van der Waals surface area contributed by atoms with Gasteiger partial charge in [-0.1, -0.05) is 47.6 Å². The lowest BCUT2D eigenvalue weighted by Gasteiger charge is -2.30. The predicted octanol–water partition coefficient (Wildman–Crippen LogP) is 4.35. The predicted molar refractivity (Wildman–Crippen MR) is 108 cm³/mol. The summed E-state index contributed by atoms with van der Waals surface area (Å²) in [6, 6.07) is 16.9. The van der Waals surface area contributed by atoms with Gasteiger partial charge in [-0.25, -0.2) is 4.39 Å². The normalized spacial score (nSPS) is 17.5. The number of halogens is 1. The number of hydrogen-bond acceptors (Lipinski definition) is 5. The van der Waals surface area contributed by atoms with Crippen molar-refractivity contribution in [2.45, 2.75) is 38.3 Å². The molecule has 1 saturated heterocycles. The smallest absolute Gasteiger partial charge is 0.231 e. The highest BCUT2D eigenvalue weighted by Gasteiger charge is 2.26. The fraction of sp³-hybridized carbons (Fsp3) is 0.391. The molecule has 6 heteroatoms. The van der Waals surface area contributed by atoms with Crippen LogP contribution in [0.3, 0.4) is 0 Å². The Morgan fingerprint density at radius 3 is 2.83 bits per heavy atom. The van der Waals surface area contributed by atoms with Crippen LogP contribution in [0, 0.1) is 5.82 Å². The van der Waals surface area contributed by atoms with Crippen molar-refractivity contribution < 1.29 is 13.7 Å². The minimum atomic E-state index is -0.188. The number of ether oxygens (including phenoxy) is 1. The van der Waals surface area contributed by atoms with E-state index in [1.54, 1.807) is 12.1 Å². The van der Waals surface area contributed by atoms with Crippen molar-refractivity contribution >= 4 is 0 Å². The van der Waals surface area contributed by atoms with Crippen LogP contribution < -0.4 is 0 Å². The van der Waals surface area contributed by atoms with Gasteiger partial charge < -0.3 is 9.26 Å². The zero-order valence-electron chi connectivity index (χ0n) is 16.5. The van der Waals surface area contributed by atoms with Crippen LogP contribution in [-0.4, -0.2) is 34.7 Å². The molecule has 2 aromatic carbocycles. The van der Waals surface area contributed by atoms with Crippen LogP contribution in [-0.2, 0) is 24.3 Å². The topological polar surface area (TPSA) is 51.4 Å². The van der Waals surface area contributed by atoms with Crippen LogP contribution in [0.25, 0.3) is 0 Å². The van der Waals surface area contributed by atoms with Crippen molar-refractivity contribution in [2.24, 2.45) is 0 Å². The molecule has 4 rings (SSSR count). The number of piperidine rings is 1. The molecule has 2 heterocycles. The van der Waals surface area contributed by atoms with E-state index in [1.807, 2.05) is 36.4 Å². The van der Waals surface area contributed by atoms with Gasteiger partial charge in [0, 0.05) is 19.5 Å². The fourth-order valence-corrected chi connectivity index (χ4v) is 3.76. The van der Waals surface area contributed by atoms with Crippen LogP contribution in [0.5, 0.6) is 0 Å². The van der Waals surface area contributed by atoms with Crippen molar-refractivity contribution in [3.05, 3.63) is 83.3 Å². The van der Waals surface area contributed by atoms with Crippen LogP contribution in [0.1, 0.15) is 41.6 Å². The zero-order valence-corrected chi connectivity index (χ0v) is 16.5. The highest BCUT2D eigenvalue weighted by atomic mass is 19.1. The lowest BCUT2D eigenvalue weighted by Crippen LogP contribution is -2.34. The summed E-state index contributed by atoms with van der Waals surface area (Å²) in [4.78, 5) is 6.92. The van der Waals surface area contributed by atoms with Crippen LogP contribution >= 0.6 is 0 Å². The second-order valence-corrected chi connectivity index (χ2v) is 7.54. The highest BCUT2D eigenvalue weighted by molar-refractivity contribution is 5.16. The van der Waals surface area contributed by atoms with E-state index in [0.29, 0.717) is 31.3 Å². The Morgan fingerprint density at radius 2 is 1.97 bits per heavy atom. The molecule has 0 spiro atoms. The third kappa shape index (κ3) is 5.71. The summed E-state index contributed by atoms with van der Waals surface area (Å²) in [5.74, 6) is 1.43. The van der Waals surface area contributed by atoms with Gasteiger partial charge in [0.2, 0.25) is 5.89 Å². The number of aromatic nitrogens is 2. The van der Waals surface area contributed by atoms with Gasteiger partial charge in [0.05, 0.1) is 19.1 Å². The van der Waals surface area contributed by atoms with Crippen LogP contribution in [0.4, 0.5) is 4.39 Å². The minimum absolute atomic E-state index is 0.188. The Bertz CT molecular complexity index is 900. The average Bonchev–Trinajstić information content (AvgIpc) is 3.21. The Kier molecular flexibility index (Phi) is 6.64. The molecule has 0 amide bonds. The van der Waals surface area contributed by atoms with E-state index in [0.717, 1.165) is 43.6 Å². The highest BCUT2D eigenvalue weighted by Crippen LogP contribution is 2.26. The van der Waals surface area contributed by atoms with E-state index in [2.05, 4.69) is 15.0 Å². The Balaban J connectivity index is 1.26. The van der Waals surface area contributed by atoms with E-state index >= 15 is 0 Å². The lowest BCUT2D eigenvalue weighted by atomic mass is 9.97. The third-order valence-corrected chi connectivity index (χ3v) is 5.22. The Labute approximate surface area is 170 Å². The van der Waals surface area contributed by atoms with E-state index in [-0.39, 0.29) is 11.7 Å². The summed E-state index contributed by atoms with van der Waals surface area (Å²) in [6.07, 6.45) is 2.74. The molecule has 0 saturated carbocycles. The van der Waals surface area contributed by atoms with Gasteiger partial charge in [-0.15, -0.1) is 0 Å². The first-order valence-corrected chi connectivity index (χ1v) is 10.2. The van der Waals surface area contributed by atoms with Crippen LogP contribution in [0.2, 0.25) is 0 Å². The summed E-state index contributed by atoms with van der Waals surface area (Å²) in [5, 5.41) is 4.12.